The molecule has 1 aromatic heterocycles. The van der Waals surface area contributed by atoms with E-state index in [4.69, 9.17) is 11.6 Å². The van der Waals surface area contributed by atoms with Gasteiger partial charge < -0.3 is 5.32 Å². The molecule has 98 valence electrons. The van der Waals surface area contributed by atoms with E-state index in [-0.39, 0.29) is 5.91 Å². The molecule has 1 aliphatic rings. The number of rotatable bonds is 4. The minimum absolute atomic E-state index is 0.0113. The van der Waals surface area contributed by atoms with Crippen molar-refractivity contribution in [3.05, 3.63) is 17.3 Å². The van der Waals surface area contributed by atoms with Gasteiger partial charge in [0.2, 0.25) is 5.91 Å². The SMILES string of the molecule is O=C(CCC1CCCCC1)Nc1ccc(Cl)nn1. The Hall–Kier alpha value is -1.16. The predicted octanol–water partition coefficient (Wildman–Crippen LogP) is 3.43. The van der Waals surface area contributed by atoms with E-state index in [9.17, 15) is 4.79 Å². The fraction of sp³-hybridized carbons (Fsp3) is 0.615. The first-order valence-corrected chi connectivity index (χ1v) is 6.91. The van der Waals surface area contributed by atoms with Crippen molar-refractivity contribution in [2.45, 2.75) is 44.9 Å². The third kappa shape index (κ3) is 4.26. The molecule has 0 radical (unpaired) electrons. The van der Waals surface area contributed by atoms with Crippen molar-refractivity contribution in [2.75, 3.05) is 5.32 Å². The first-order valence-electron chi connectivity index (χ1n) is 6.53. The first kappa shape index (κ1) is 13.3. The van der Waals surface area contributed by atoms with Gasteiger partial charge in [-0.05, 0) is 24.5 Å². The summed E-state index contributed by atoms with van der Waals surface area (Å²) in [6, 6.07) is 3.28. The summed E-state index contributed by atoms with van der Waals surface area (Å²) in [6.45, 7) is 0. The van der Waals surface area contributed by atoms with Gasteiger partial charge >= 0.3 is 0 Å². The molecule has 0 unspecified atom stereocenters. The average Bonchev–Trinajstić information content (AvgIpc) is 2.40. The lowest BCUT2D eigenvalue weighted by molar-refractivity contribution is -0.116. The minimum Gasteiger partial charge on any atom is -0.309 e. The molecule has 0 saturated heterocycles. The smallest absolute Gasteiger partial charge is 0.225 e. The molecule has 1 aliphatic carbocycles. The number of nitrogens with one attached hydrogen (secondary N) is 1. The van der Waals surface area contributed by atoms with Gasteiger partial charge in [0, 0.05) is 6.42 Å². The third-order valence-electron chi connectivity index (χ3n) is 3.40. The lowest BCUT2D eigenvalue weighted by Gasteiger charge is -2.20. The molecule has 0 aromatic carbocycles. The van der Waals surface area contributed by atoms with E-state index < -0.39 is 0 Å². The zero-order valence-electron chi connectivity index (χ0n) is 10.4. The number of nitrogens with zero attached hydrogens (tertiary/aromatic N) is 2. The van der Waals surface area contributed by atoms with Crippen LogP contribution < -0.4 is 5.32 Å². The number of hydrogen-bond donors (Lipinski definition) is 1. The van der Waals surface area contributed by atoms with E-state index >= 15 is 0 Å². The Kier molecular flexibility index (Phi) is 4.93. The second-order valence-electron chi connectivity index (χ2n) is 4.83. The van der Waals surface area contributed by atoms with Crippen molar-refractivity contribution >= 4 is 23.3 Å². The maximum atomic E-state index is 11.7. The molecule has 1 amide bonds. The van der Waals surface area contributed by atoms with Crippen LogP contribution in [0.25, 0.3) is 0 Å². The zero-order valence-corrected chi connectivity index (χ0v) is 11.1. The van der Waals surface area contributed by atoms with E-state index in [1.54, 1.807) is 12.1 Å². The number of carbonyl (C=O) groups is 1. The standard InChI is InChI=1S/C13H18ClN3O/c14-11-7-8-12(17-16-11)15-13(18)9-6-10-4-2-1-3-5-10/h7-8,10H,1-6,9H2,(H,15,17,18). The van der Waals surface area contributed by atoms with Crippen LogP contribution in [0, 0.1) is 5.92 Å². The maximum Gasteiger partial charge on any atom is 0.225 e. The van der Waals surface area contributed by atoms with Gasteiger partial charge in [0.15, 0.2) is 11.0 Å². The summed E-state index contributed by atoms with van der Waals surface area (Å²) in [5.74, 6) is 1.20. The van der Waals surface area contributed by atoms with Gasteiger partial charge in [-0.15, -0.1) is 10.2 Å². The van der Waals surface area contributed by atoms with Crippen molar-refractivity contribution in [3.8, 4) is 0 Å². The number of amides is 1. The Bertz CT molecular complexity index is 388. The van der Waals surface area contributed by atoms with Crippen LogP contribution in [0.3, 0.4) is 0 Å². The Morgan fingerprint density at radius 2 is 2.06 bits per heavy atom. The summed E-state index contributed by atoms with van der Waals surface area (Å²) in [6.07, 6.45) is 8.07. The predicted molar refractivity (Wildman–Crippen MR) is 71.5 cm³/mol. The molecule has 1 fully saturated rings. The van der Waals surface area contributed by atoms with E-state index in [2.05, 4.69) is 15.5 Å². The number of hydrogen-bond acceptors (Lipinski definition) is 3. The fourth-order valence-electron chi connectivity index (χ4n) is 2.40. The Labute approximate surface area is 112 Å². The van der Waals surface area contributed by atoms with Crippen LogP contribution in [0.15, 0.2) is 12.1 Å². The fourth-order valence-corrected chi connectivity index (χ4v) is 2.50. The van der Waals surface area contributed by atoms with Crippen molar-refractivity contribution in [2.24, 2.45) is 5.92 Å². The van der Waals surface area contributed by atoms with Gasteiger partial charge in [0.1, 0.15) is 0 Å². The highest BCUT2D eigenvalue weighted by Gasteiger charge is 2.15. The lowest BCUT2D eigenvalue weighted by Crippen LogP contribution is -2.15. The summed E-state index contributed by atoms with van der Waals surface area (Å²) >= 11 is 5.62. The number of aromatic nitrogens is 2. The molecule has 5 heteroatoms. The Balaban J connectivity index is 1.73. The molecule has 1 N–H and O–H groups in total. The third-order valence-corrected chi connectivity index (χ3v) is 3.61. The van der Waals surface area contributed by atoms with Gasteiger partial charge in [-0.3, -0.25) is 4.79 Å². The van der Waals surface area contributed by atoms with E-state index in [0.717, 1.165) is 12.3 Å². The quantitative estimate of drug-likeness (QED) is 0.909. The number of anilines is 1. The lowest BCUT2D eigenvalue weighted by atomic mass is 9.86. The van der Waals surface area contributed by atoms with Gasteiger partial charge in [-0.2, -0.15) is 0 Å². The Morgan fingerprint density at radius 3 is 2.72 bits per heavy atom. The largest absolute Gasteiger partial charge is 0.309 e. The minimum atomic E-state index is 0.0113. The molecule has 0 spiro atoms. The molecular formula is C13H18ClN3O. The van der Waals surface area contributed by atoms with Crippen molar-refractivity contribution < 1.29 is 4.79 Å². The van der Waals surface area contributed by atoms with Gasteiger partial charge in [-0.25, -0.2) is 0 Å². The molecule has 1 heterocycles. The average molecular weight is 268 g/mol. The molecule has 4 nitrogen and oxygen atoms in total. The van der Waals surface area contributed by atoms with Crippen LogP contribution in [0.5, 0.6) is 0 Å². The maximum absolute atomic E-state index is 11.7. The first-order chi connectivity index (χ1) is 8.74. The normalized spacial score (nSPS) is 16.5. The van der Waals surface area contributed by atoms with Gasteiger partial charge in [0.25, 0.3) is 0 Å². The topological polar surface area (TPSA) is 54.9 Å². The summed E-state index contributed by atoms with van der Waals surface area (Å²) in [5, 5.41) is 10.5. The highest BCUT2D eigenvalue weighted by molar-refractivity contribution is 6.29. The molecule has 2 rings (SSSR count). The molecule has 18 heavy (non-hydrogen) atoms. The number of halogens is 1. The van der Waals surface area contributed by atoms with Crippen LogP contribution in [-0.2, 0) is 4.79 Å². The summed E-state index contributed by atoms with van der Waals surface area (Å²) in [4.78, 5) is 11.7. The molecule has 0 aliphatic heterocycles. The summed E-state index contributed by atoms with van der Waals surface area (Å²) in [5.41, 5.74) is 0. The van der Waals surface area contributed by atoms with Crippen LogP contribution in [0.4, 0.5) is 5.82 Å². The molecule has 1 aromatic rings. The molecule has 0 bridgehead atoms. The summed E-state index contributed by atoms with van der Waals surface area (Å²) in [7, 11) is 0. The molecular weight excluding hydrogens is 250 g/mol. The van der Waals surface area contributed by atoms with Crippen LogP contribution in [0.2, 0.25) is 5.15 Å². The van der Waals surface area contributed by atoms with E-state index in [0.29, 0.717) is 17.4 Å². The van der Waals surface area contributed by atoms with E-state index in [1.165, 1.54) is 32.1 Å². The van der Waals surface area contributed by atoms with Crippen molar-refractivity contribution in [3.63, 3.8) is 0 Å². The molecule has 0 atom stereocenters. The van der Waals surface area contributed by atoms with Crippen molar-refractivity contribution in [1.29, 1.82) is 0 Å². The van der Waals surface area contributed by atoms with Gasteiger partial charge in [0.05, 0.1) is 0 Å². The van der Waals surface area contributed by atoms with Crippen LogP contribution in [0.1, 0.15) is 44.9 Å². The van der Waals surface area contributed by atoms with E-state index in [1.807, 2.05) is 0 Å². The van der Waals surface area contributed by atoms with Crippen LogP contribution in [-0.4, -0.2) is 16.1 Å². The van der Waals surface area contributed by atoms with Gasteiger partial charge in [-0.1, -0.05) is 43.7 Å². The monoisotopic (exact) mass is 267 g/mol. The second-order valence-corrected chi connectivity index (χ2v) is 5.22. The highest BCUT2D eigenvalue weighted by atomic mass is 35.5. The van der Waals surface area contributed by atoms with Crippen molar-refractivity contribution in [1.82, 2.24) is 10.2 Å². The molecule has 1 saturated carbocycles. The number of carbonyl (C=O) groups excluding carboxylic acids is 1. The summed E-state index contributed by atoms with van der Waals surface area (Å²) < 4.78 is 0. The Morgan fingerprint density at radius 1 is 1.28 bits per heavy atom. The second kappa shape index (κ2) is 6.69. The zero-order chi connectivity index (χ0) is 12.8. The van der Waals surface area contributed by atoms with Crippen LogP contribution >= 0.6 is 11.6 Å². The highest BCUT2D eigenvalue weighted by Crippen LogP contribution is 2.27.